The van der Waals surface area contributed by atoms with E-state index in [2.05, 4.69) is 24.1 Å². The summed E-state index contributed by atoms with van der Waals surface area (Å²) < 4.78 is 0. The van der Waals surface area contributed by atoms with Gasteiger partial charge in [-0.05, 0) is 53.5 Å². The van der Waals surface area contributed by atoms with Crippen LogP contribution in [0.25, 0.3) is 6.08 Å². The average molecular weight is 488 g/mol. The lowest BCUT2D eigenvalue weighted by atomic mass is 10.0. The number of carbonyl (C=O) groups excluding carboxylic acids is 2. The minimum Gasteiger partial charge on any atom is -0.367 e. The van der Waals surface area contributed by atoms with Crippen molar-refractivity contribution in [2.75, 3.05) is 36.4 Å². The Hall–Kier alpha value is -3.57. The van der Waals surface area contributed by atoms with E-state index in [9.17, 15) is 9.59 Å². The molecule has 6 heteroatoms. The molecule has 5 nitrogen and oxygen atoms in total. The van der Waals surface area contributed by atoms with Gasteiger partial charge in [-0.25, -0.2) is 0 Å². The zero-order valence-corrected chi connectivity index (χ0v) is 20.8. The standard InChI is InChI=1S/C29H30ClN3O2/c1-21(2)23-9-11-24(12-10-23)29(35)31-25-13-14-27(26(30)20-25)32-16-18-33(19-17-32)28(34)15-8-22-6-4-3-5-7-22/h3-15,20-21H,16-19H2,1-2H3,(H,31,35)/b15-8+. The first-order chi connectivity index (χ1) is 16.9. The van der Waals surface area contributed by atoms with Crippen molar-refractivity contribution in [1.29, 1.82) is 0 Å². The van der Waals surface area contributed by atoms with Gasteiger partial charge in [-0.3, -0.25) is 9.59 Å². The van der Waals surface area contributed by atoms with Gasteiger partial charge in [0.15, 0.2) is 0 Å². The molecule has 0 saturated carbocycles. The van der Waals surface area contributed by atoms with E-state index in [1.165, 1.54) is 5.56 Å². The zero-order valence-electron chi connectivity index (χ0n) is 20.1. The van der Waals surface area contributed by atoms with Crippen molar-refractivity contribution in [3.05, 3.63) is 101 Å². The Balaban J connectivity index is 1.33. The van der Waals surface area contributed by atoms with Gasteiger partial charge in [-0.1, -0.05) is 67.9 Å². The van der Waals surface area contributed by atoms with Crippen LogP contribution in [0.5, 0.6) is 0 Å². The number of hydrogen-bond acceptors (Lipinski definition) is 3. The predicted octanol–water partition coefficient (Wildman–Crippen LogP) is 6.08. The molecule has 2 amide bonds. The molecule has 1 N–H and O–H groups in total. The van der Waals surface area contributed by atoms with Crippen LogP contribution in [0.1, 0.15) is 41.3 Å². The third kappa shape index (κ3) is 6.31. The van der Waals surface area contributed by atoms with Crippen molar-refractivity contribution in [2.45, 2.75) is 19.8 Å². The predicted molar refractivity (Wildman–Crippen MR) is 144 cm³/mol. The normalized spacial score (nSPS) is 13.9. The van der Waals surface area contributed by atoms with Gasteiger partial charge < -0.3 is 15.1 Å². The fourth-order valence-electron chi connectivity index (χ4n) is 4.07. The minimum absolute atomic E-state index is 0.0130. The fraction of sp³-hybridized carbons (Fsp3) is 0.241. The molecule has 0 unspecified atom stereocenters. The van der Waals surface area contributed by atoms with Crippen LogP contribution in [0.3, 0.4) is 0 Å². The van der Waals surface area contributed by atoms with Gasteiger partial charge in [-0.15, -0.1) is 0 Å². The highest BCUT2D eigenvalue weighted by atomic mass is 35.5. The number of nitrogens with one attached hydrogen (secondary N) is 1. The number of anilines is 2. The van der Waals surface area contributed by atoms with Crippen LogP contribution in [0.4, 0.5) is 11.4 Å². The summed E-state index contributed by atoms with van der Waals surface area (Å²) in [7, 11) is 0. The van der Waals surface area contributed by atoms with Crippen LogP contribution in [0, 0.1) is 0 Å². The molecule has 3 aromatic rings. The third-order valence-electron chi connectivity index (χ3n) is 6.20. The number of benzene rings is 3. The van der Waals surface area contributed by atoms with Crippen LogP contribution in [0.15, 0.2) is 78.9 Å². The lowest BCUT2D eigenvalue weighted by Gasteiger charge is -2.36. The maximum Gasteiger partial charge on any atom is 0.255 e. The van der Waals surface area contributed by atoms with Crippen molar-refractivity contribution in [3.63, 3.8) is 0 Å². The van der Waals surface area contributed by atoms with E-state index >= 15 is 0 Å². The highest BCUT2D eigenvalue weighted by molar-refractivity contribution is 6.33. The Morgan fingerprint density at radius 2 is 1.60 bits per heavy atom. The number of hydrogen-bond donors (Lipinski definition) is 1. The maximum absolute atomic E-state index is 12.6. The van der Waals surface area contributed by atoms with Crippen LogP contribution < -0.4 is 10.2 Å². The Bertz CT molecular complexity index is 1200. The molecule has 1 heterocycles. The number of rotatable bonds is 6. The van der Waals surface area contributed by atoms with E-state index < -0.39 is 0 Å². The molecular weight excluding hydrogens is 458 g/mol. The molecule has 4 rings (SSSR count). The molecule has 1 aliphatic rings. The lowest BCUT2D eigenvalue weighted by molar-refractivity contribution is -0.126. The van der Waals surface area contributed by atoms with Crippen molar-refractivity contribution in [2.24, 2.45) is 0 Å². The summed E-state index contributed by atoms with van der Waals surface area (Å²) >= 11 is 6.58. The minimum atomic E-state index is -0.167. The summed E-state index contributed by atoms with van der Waals surface area (Å²) in [6, 6.07) is 23.0. The van der Waals surface area contributed by atoms with Gasteiger partial charge in [0.1, 0.15) is 0 Å². The molecule has 3 aromatic carbocycles. The first-order valence-electron chi connectivity index (χ1n) is 11.9. The molecule has 1 fully saturated rings. The molecule has 35 heavy (non-hydrogen) atoms. The second kappa shape index (κ2) is 11.2. The summed E-state index contributed by atoms with van der Waals surface area (Å²) in [5, 5.41) is 3.50. The van der Waals surface area contributed by atoms with Gasteiger partial charge >= 0.3 is 0 Å². The molecule has 0 atom stereocenters. The molecule has 1 aliphatic heterocycles. The summed E-state index contributed by atoms with van der Waals surface area (Å²) in [5.41, 5.74) is 4.36. The maximum atomic E-state index is 12.6. The van der Waals surface area contributed by atoms with Crippen molar-refractivity contribution in [3.8, 4) is 0 Å². The Morgan fingerprint density at radius 1 is 0.914 bits per heavy atom. The smallest absolute Gasteiger partial charge is 0.255 e. The van der Waals surface area contributed by atoms with Gasteiger partial charge in [0.05, 0.1) is 10.7 Å². The molecule has 0 aromatic heterocycles. The van der Waals surface area contributed by atoms with Crippen LogP contribution in [-0.2, 0) is 4.79 Å². The zero-order chi connectivity index (χ0) is 24.8. The monoisotopic (exact) mass is 487 g/mol. The first-order valence-corrected chi connectivity index (χ1v) is 12.3. The van der Waals surface area contributed by atoms with E-state index in [4.69, 9.17) is 11.6 Å². The molecular formula is C29H30ClN3O2. The fourth-order valence-corrected chi connectivity index (χ4v) is 4.37. The van der Waals surface area contributed by atoms with E-state index in [1.807, 2.05) is 77.7 Å². The molecule has 0 bridgehead atoms. The Labute approximate surface area is 212 Å². The molecule has 0 aliphatic carbocycles. The van der Waals surface area contributed by atoms with Crippen molar-refractivity contribution in [1.82, 2.24) is 4.90 Å². The molecule has 1 saturated heterocycles. The third-order valence-corrected chi connectivity index (χ3v) is 6.50. The second-order valence-corrected chi connectivity index (χ2v) is 9.36. The van der Waals surface area contributed by atoms with Gasteiger partial charge in [0.2, 0.25) is 5.91 Å². The van der Waals surface area contributed by atoms with Crippen LogP contribution in [0.2, 0.25) is 5.02 Å². The number of piperazine rings is 1. The first kappa shape index (κ1) is 24.6. The average Bonchev–Trinajstić information content (AvgIpc) is 2.88. The highest BCUT2D eigenvalue weighted by Gasteiger charge is 2.21. The molecule has 0 radical (unpaired) electrons. The number of halogens is 1. The van der Waals surface area contributed by atoms with E-state index in [0.29, 0.717) is 48.4 Å². The van der Waals surface area contributed by atoms with E-state index in [1.54, 1.807) is 12.1 Å². The second-order valence-electron chi connectivity index (χ2n) is 8.95. The van der Waals surface area contributed by atoms with Crippen molar-refractivity contribution >= 4 is 40.9 Å². The molecule has 180 valence electrons. The summed E-state index contributed by atoms with van der Waals surface area (Å²) in [6.45, 7) is 6.88. The number of nitrogens with zero attached hydrogens (tertiary/aromatic N) is 2. The largest absolute Gasteiger partial charge is 0.367 e. The Morgan fingerprint density at radius 3 is 2.23 bits per heavy atom. The summed E-state index contributed by atoms with van der Waals surface area (Å²) in [5.74, 6) is 0.267. The van der Waals surface area contributed by atoms with Crippen LogP contribution >= 0.6 is 11.6 Å². The topological polar surface area (TPSA) is 52.7 Å². The molecule has 0 spiro atoms. The highest BCUT2D eigenvalue weighted by Crippen LogP contribution is 2.30. The SMILES string of the molecule is CC(C)c1ccc(C(=O)Nc2ccc(N3CCN(C(=O)/C=C/c4ccccc4)CC3)c(Cl)c2)cc1. The van der Waals surface area contributed by atoms with Crippen molar-refractivity contribution < 1.29 is 9.59 Å². The lowest BCUT2D eigenvalue weighted by Crippen LogP contribution is -2.48. The van der Waals surface area contributed by atoms with Gasteiger partial charge in [-0.2, -0.15) is 0 Å². The number of amides is 2. The van der Waals surface area contributed by atoms with E-state index in [-0.39, 0.29) is 11.8 Å². The summed E-state index contributed by atoms with van der Waals surface area (Å²) in [4.78, 5) is 29.2. The van der Waals surface area contributed by atoms with Gasteiger partial charge in [0.25, 0.3) is 5.91 Å². The summed E-state index contributed by atoms with van der Waals surface area (Å²) in [6.07, 6.45) is 3.48. The quantitative estimate of drug-likeness (QED) is 0.429. The van der Waals surface area contributed by atoms with Crippen LogP contribution in [-0.4, -0.2) is 42.9 Å². The number of carbonyl (C=O) groups is 2. The Kier molecular flexibility index (Phi) is 7.88. The van der Waals surface area contributed by atoms with Gasteiger partial charge in [0, 0.05) is 43.5 Å². The van der Waals surface area contributed by atoms with E-state index in [0.717, 1.165) is 11.3 Å².